The molecule has 20 heavy (non-hydrogen) atoms. The molecule has 0 radical (unpaired) electrons. The summed E-state index contributed by atoms with van der Waals surface area (Å²) in [7, 11) is -3.73. The molecule has 1 aromatic carbocycles. The lowest BCUT2D eigenvalue weighted by Gasteiger charge is -2.17. The Kier molecular flexibility index (Phi) is 3.12. The normalized spacial score (nSPS) is 21.9. The Balaban J connectivity index is 1.92. The summed E-state index contributed by atoms with van der Waals surface area (Å²) in [5.74, 6) is 0.526. The fourth-order valence-electron chi connectivity index (χ4n) is 2.48. The number of aryl methyl sites for hydroxylation is 1. The lowest BCUT2D eigenvalue weighted by molar-refractivity contribution is 0.151. The molecule has 2 atom stereocenters. The molecule has 0 saturated carbocycles. The number of hydrogen-bond donors (Lipinski definition) is 3. The zero-order chi connectivity index (χ0) is 14.3. The summed E-state index contributed by atoms with van der Waals surface area (Å²) in [5, 5.41) is 10.1. The number of benzene rings is 1. The van der Waals surface area contributed by atoms with Gasteiger partial charge in [0.1, 0.15) is 5.82 Å². The minimum atomic E-state index is -3.73. The first-order valence-electron chi connectivity index (χ1n) is 6.27. The number of rotatable bonds is 3. The average Bonchev–Trinajstić information content (AvgIpc) is 2.95. The first-order valence-corrected chi connectivity index (χ1v) is 7.75. The Morgan fingerprint density at radius 2 is 2.15 bits per heavy atom. The summed E-state index contributed by atoms with van der Waals surface area (Å²) in [6.07, 6.45) is 0.960. The molecule has 1 aliphatic rings. The van der Waals surface area contributed by atoms with Crippen LogP contribution in [-0.2, 0) is 16.4 Å². The van der Waals surface area contributed by atoms with Gasteiger partial charge in [-0.25, -0.2) is 13.4 Å². The molecule has 0 saturated heterocycles. The summed E-state index contributed by atoms with van der Waals surface area (Å²) in [6, 6.07) is 6.81. The van der Waals surface area contributed by atoms with E-state index >= 15 is 0 Å². The van der Waals surface area contributed by atoms with Crippen LogP contribution in [0.25, 0.3) is 0 Å². The number of aromatic nitrogens is 2. The summed E-state index contributed by atoms with van der Waals surface area (Å²) < 4.78 is 27.1. The predicted octanol–water partition coefficient (Wildman–Crippen LogP) is 0.655. The van der Waals surface area contributed by atoms with E-state index in [0.29, 0.717) is 12.2 Å². The Morgan fingerprint density at radius 3 is 2.85 bits per heavy atom. The van der Waals surface area contributed by atoms with Crippen LogP contribution in [0.5, 0.6) is 0 Å². The fourth-order valence-corrected chi connectivity index (χ4v) is 3.70. The molecule has 1 aliphatic carbocycles. The summed E-state index contributed by atoms with van der Waals surface area (Å²) >= 11 is 0. The van der Waals surface area contributed by atoms with E-state index in [9.17, 15) is 13.5 Å². The van der Waals surface area contributed by atoms with Crippen LogP contribution in [0.2, 0.25) is 0 Å². The van der Waals surface area contributed by atoms with E-state index < -0.39 is 22.2 Å². The monoisotopic (exact) mass is 293 g/mol. The number of hydrogen-bond acceptors (Lipinski definition) is 4. The number of aliphatic hydroxyl groups excluding tert-OH is 1. The van der Waals surface area contributed by atoms with E-state index in [0.717, 1.165) is 11.1 Å². The van der Waals surface area contributed by atoms with Crippen LogP contribution in [0.4, 0.5) is 0 Å². The molecule has 3 N–H and O–H groups in total. The van der Waals surface area contributed by atoms with E-state index in [1.165, 1.54) is 6.20 Å². The standard InChI is InChI=1S/C13H15N3O3S/c1-8-14-7-12(15-8)20(18,19)16-13-10-5-3-2-4-9(10)6-11(13)17/h2-5,7,11,13,16-17H,6H2,1H3,(H,14,15). The molecule has 1 aromatic heterocycles. The number of aromatic amines is 1. The lowest BCUT2D eigenvalue weighted by Crippen LogP contribution is -2.34. The number of sulfonamides is 1. The van der Waals surface area contributed by atoms with Gasteiger partial charge in [0.25, 0.3) is 10.0 Å². The maximum atomic E-state index is 12.3. The van der Waals surface area contributed by atoms with E-state index in [2.05, 4.69) is 14.7 Å². The molecule has 0 amide bonds. The lowest BCUT2D eigenvalue weighted by atomic mass is 10.1. The van der Waals surface area contributed by atoms with Crippen molar-refractivity contribution >= 4 is 10.0 Å². The van der Waals surface area contributed by atoms with Gasteiger partial charge in [-0.2, -0.15) is 4.72 Å². The third-order valence-corrected chi connectivity index (χ3v) is 4.81. The van der Waals surface area contributed by atoms with Crippen LogP contribution >= 0.6 is 0 Å². The van der Waals surface area contributed by atoms with Crippen molar-refractivity contribution in [1.29, 1.82) is 0 Å². The molecular formula is C13H15N3O3S. The van der Waals surface area contributed by atoms with Gasteiger partial charge in [-0.05, 0) is 18.1 Å². The smallest absolute Gasteiger partial charge is 0.258 e. The molecule has 1 heterocycles. The third kappa shape index (κ3) is 2.24. The molecule has 6 nitrogen and oxygen atoms in total. The predicted molar refractivity (Wildman–Crippen MR) is 72.5 cm³/mol. The van der Waals surface area contributed by atoms with E-state index in [1.54, 1.807) is 6.92 Å². The van der Waals surface area contributed by atoms with Gasteiger partial charge in [-0.15, -0.1) is 0 Å². The quantitative estimate of drug-likeness (QED) is 0.774. The molecule has 0 bridgehead atoms. The van der Waals surface area contributed by atoms with Crippen molar-refractivity contribution in [2.45, 2.75) is 30.5 Å². The van der Waals surface area contributed by atoms with Gasteiger partial charge in [0.15, 0.2) is 5.03 Å². The Hall–Kier alpha value is -1.70. The van der Waals surface area contributed by atoms with Crippen molar-refractivity contribution < 1.29 is 13.5 Å². The highest BCUT2D eigenvalue weighted by atomic mass is 32.2. The molecular weight excluding hydrogens is 278 g/mol. The van der Waals surface area contributed by atoms with Crippen molar-refractivity contribution in [3.8, 4) is 0 Å². The van der Waals surface area contributed by atoms with Crippen molar-refractivity contribution in [2.24, 2.45) is 0 Å². The first kappa shape index (κ1) is 13.3. The maximum absolute atomic E-state index is 12.3. The fraction of sp³-hybridized carbons (Fsp3) is 0.308. The summed E-state index contributed by atoms with van der Waals surface area (Å²) in [5.41, 5.74) is 1.79. The molecule has 2 aromatic rings. The zero-order valence-electron chi connectivity index (χ0n) is 10.9. The van der Waals surface area contributed by atoms with Gasteiger partial charge in [-0.1, -0.05) is 24.3 Å². The minimum Gasteiger partial charge on any atom is -0.391 e. The average molecular weight is 293 g/mol. The summed E-state index contributed by atoms with van der Waals surface area (Å²) in [6.45, 7) is 1.68. The van der Waals surface area contributed by atoms with Crippen LogP contribution in [-0.4, -0.2) is 29.6 Å². The van der Waals surface area contributed by atoms with Crippen LogP contribution in [0.15, 0.2) is 35.5 Å². The molecule has 0 fully saturated rings. The first-order chi connectivity index (χ1) is 9.47. The van der Waals surface area contributed by atoms with Crippen molar-refractivity contribution in [1.82, 2.24) is 14.7 Å². The van der Waals surface area contributed by atoms with E-state index in [-0.39, 0.29) is 5.03 Å². The maximum Gasteiger partial charge on any atom is 0.258 e. The molecule has 3 rings (SSSR count). The Labute approximate surface area is 116 Å². The largest absolute Gasteiger partial charge is 0.391 e. The second kappa shape index (κ2) is 4.69. The number of fused-ring (bicyclic) bond motifs is 1. The van der Waals surface area contributed by atoms with Gasteiger partial charge in [0, 0.05) is 6.42 Å². The van der Waals surface area contributed by atoms with Crippen molar-refractivity contribution in [2.75, 3.05) is 0 Å². The third-order valence-electron chi connectivity index (χ3n) is 3.46. The SMILES string of the molecule is Cc1ncc(S(=O)(=O)NC2c3ccccc3CC2O)[nH]1. The van der Waals surface area contributed by atoms with Gasteiger partial charge < -0.3 is 10.1 Å². The van der Waals surface area contributed by atoms with Gasteiger partial charge >= 0.3 is 0 Å². The Morgan fingerprint density at radius 1 is 1.40 bits per heavy atom. The highest BCUT2D eigenvalue weighted by Gasteiger charge is 2.34. The second-order valence-electron chi connectivity index (χ2n) is 4.90. The highest BCUT2D eigenvalue weighted by molar-refractivity contribution is 7.89. The van der Waals surface area contributed by atoms with Crippen molar-refractivity contribution in [3.05, 3.63) is 47.4 Å². The van der Waals surface area contributed by atoms with Crippen LogP contribution in [0.1, 0.15) is 23.0 Å². The molecule has 2 unspecified atom stereocenters. The number of H-pyrrole nitrogens is 1. The van der Waals surface area contributed by atoms with Gasteiger partial charge in [0.05, 0.1) is 18.3 Å². The molecule has 106 valence electrons. The van der Waals surface area contributed by atoms with Crippen LogP contribution in [0, 0.1) is 6.92 Å². The number of imidazole rings is 1. The number of nitrogens with zero attached hydrogens (tertiary/aromatic N) is 1. The van der Waals surface area contributed by atoms with E-state index in [4.69, 9.17) is 0 Å². The van der Waals surface area contributed by atoms with Gasteiger partial charge in [0.2, 0.25) is 0 Å². The van der Waals surface area contributed by atoms with Crippen LogP contribution in [0.3, 0.4) is 0 Å². The molecule has 7 heteroatoms. The second-order valence-corrected chi connectivity index (χ2v) is 6.58. The number of aliphatic hydroxyl groups is 1. The zero-order valence-corrected chi connectivity index (χ0v) is 11.7. The van der Waals surface area contributed by atoms with Crippen LogP contribution < -0.4 is 4.72 Å². The summed E-state index contributed by atoms with van der Waals surface area (Å²) in [4.78, 5) is 6.57. The number of nitrogens with one attached hydrogen (secondary N) is 2. The minimum absolute atomic E-state index is 0.00609. The topological polar surface area (TPSA) is 95.1 Å². The van der Waals surface area contributed by atoms with Crippen molar-refractivity contribution in [3.63, 3.8) is 0 Å². The molecule has 0 aliphatic heterocycles. The highest BCUT2D eigenvalue weighted by Crippen LogP contribution is 2.32. The Bertz CT molecular complexity index is 739. The van der Waals surface area contributed by atoms with E-state index in [1.807, 2.05) is 24.3 Å². The molecule has 0 spiro atoms. The van der Waals surface area contributed by atoms with Gasteiger partial charge in [-0.3, -0.25) is 0 Å².